The number of aromatic nitrogens is 1. The lowest BCUT2D eigenvalue weighted by molar-refractivity contribution is -0.144. The van der Waals surface area contributed by atoms with E-state index in [0.29, 0.717) is 5.92 Å². The maximum Gasteiger partial charge on any atom is 0.251 e. The Balaban J connectivity index is 1.32. The van der Waals surface area contributed by atoms with Crippen molar-refractivity contribution in [3.63, 3.8) is 0 Å². The third-order valence-corrected chi connectivity index (χ3v) is 7.44. The van der Waals surface area contributed by atoms with Crippen molar-refractivity contribution in [1.82, 2.24) is 9.88 Å². The predicted molar refractivity (Wildman–Crippen MR) is 95.3 cm³/mol. The van der Waals surface area contributed by atoms with Crippen molar-refractivity contribution >= 4 is 17.2 Å². The van der Waals surface area contributed by atoms with Crippen LogP contribution in [0.25, 0.3) is 0 Å². The number of aliphatic hydroxyl groups excluding tert-OH is 1. The Hall–Kier alpha value is -0.940. The summed E-state index contributed by atoms with van der Waals surface area (Å²) in [6.45, 7) is 1.55. The topological polar surface area (TPSA) is 53.4 Å². The van der Waals surface area contributed by atoms with Crippen molar-refractivity contribution in [2.24, 2.45) is 5.92 Å². The van der Waals surface area contributed by atoms with E-state index < -0.39 is 6.10 Å². The normalized spacial score (nSPS) is 24.1. The number of hydrogen-bond donors (Lipinski definition) is 1. The first kappa shape index (κ1) is 16.5. The maximum absolute atomic E-state index is 12.6. The molecule has 1 N–H and O–H groups in total. The Morgan fingerprint density at radius 3 is 2.54 bits per heavy atom. The minimum atomic E-state index is -0.773. The summed E-state index contributed by atoms with van der Waals surface area (Å²) in [6.07, 6.45) is 10.4. The van der Waals surface area contributed by atoms with E-state index in [-0.39, 0.29) is 11.8 Å². The number of thiazole rings is 1. The molecule has 2 heterocycles. The molecule has 1 saturated heterocycles. The van der Waals surface area contributed by atoms with Gasteiger partial charge in [0.1, 0.15) is 6.10 Å². The van der Waals surface area contributed by atoms with Gasteiger partial charge >= 0.3 is 0 Å². The summed E-state index contributed by atoms with van der Waals surface area (Å²) in [7, 11) is 0. The van der Waals surface area contributed by atoms with Crippen LogP contribution in [-0.4, -0.2) is 40.1 Å². The molecule has 2 aliphatic carbocycles. The van der Waals surface area contributed by atoms with Gasteiger partial charge in [0.2, 0.25) is 0 Å². The van der Waals surface area contributed by atoms with E-state index in [1.54, 1.807) is 0 Å². The molecule has 24 heavy (non-hydrogen) atoms. The Morgan fingerprint density at radius 2 is 1.83 bits per heavy atom. The van der Waals surface area contributed by atoms with Crippen molar-refractivity contribution in [2.45, 2.75) is 76.2 Å². The van der Waals surface area contributed by atoms with Crippen LogP contribution in [0.4, 0.5) is 0 Å². The molecule has 1 aromatic rings. The molecule has 1 saturated carbocycles. The van der Waals surface area contributed by atoms with E-state index in [9.17, 15) is 9.90 Å². The van der Waals surface area contributed by atoms with E-state index in [1.165, 1.54) is 34.8 Å². The van der Waals surface area contributed by atoms with E-state index in [4.69, 9.17) is 4.98 Å². The zero-order chi connectivity index (χ0) is 16.5. The van der Waals surface area contributed by atoms with Gasteiger partial charge in [-0.2, -0.15) is 0 Å². The standard InChI is InChI=1S/C19H28N2O2S/c22-17(13-5-2-1-3-6-13)19(23)21-11-9-14(10-12-21)18-20-15-7-4-8-16(15)24-18/h13-14,17,22H,1-12H2. The van der Waals surface area contributed by atoms with Gasteiger partial charge in [0.25, 0.3) is 5.91 Å². The summed E-state index contributed by atoms with van der Waals surface area (Å²) in [5.41, 5.74) is 1.33. The van der Waals surface area contributed by atoms with E-state index in [2.05, 4.69) is 0 Å². The van der Waals surface area contributed by atoms with E-state index in [0.717, 1.165) is 58.0 Å². The Bertz CT molecular complexity index is 565. The van der Waals surface area contributed by atoms with Crippen molar-refractivity contribution in [1.29, 1.82) is 0 Å². The molecule has 1 atom stereocenters. The van der Waals surface area contributed by atoms with Crippen molar-refractivity contribution < 1.29 is 9.90 Å². The molecule has 132 valence electrons. The maximum atomic E-state index is 12.6. The van der Waals surface area contributed by atoms with Gasteiger partial charge in [-0.1, -0.05) is 19.3 Å². The van der Waals surface area contributed by atoms with Gasteiger partial charge in [-0.3, -0.25) is 4.79 Å². The number of hydrogen-bond acceptors (Lipinski definition) is 4. The Labute approximate surface area is 148 Å². The molecule has 0 spiro atoms. The molecular formula is C19H28N2O2S. The number of fused-ring (bicyclic) bond motifs is 1. The highest BCUT2D eigenvalue weighted by molar-refractivity contribution is 7.11. The minimum Gasteiger partial charge on any atom is -0.383 e. The molecule has 2 fully saturated rings. The summed E-state index contributed by atoms with van der Waals surface area (Å²) in [5, 5.41) is 11.7. The van der Waals surface area contributed by atoms with Gasteiger partial charge in [-0.25, -0.2) is 4.98 Å². The van der Waals surface area contributed by atoms with Gasteiger partial charge in [-0.05, 0) is 50.9 Å². The fourth-order valence-electron chi connectivity index (χ4n) is 4.57. The number of piperidine rings is 1. The average molecular weight is 349 g/mol. The van der Waals surface area contributed by atoms with Crippen LogP contribution in [0.15, 0.2) is 0 Å². The Kier molecular flexibility index (Phi) is 4.90. The van der Waals surface area contributed by atoms with Gasteiger partial charge < -0.3 is 10.0 Å². The van der Waals surface area contributed by atoms with Gasteiger partial charge in [0.15, 0.2) is 0 Å². The van der Waals surface area contributed by atoms with Gasteiger partial charge in [0.05, 0.1) is 10.7 Å². The number of amides is 1. The first-order chi connectivity index (χ1) is 11.7. The van der Waals surface area contributed by atoms with Crippen molar-refractivity contribution in [3.05, 3.63) is 15.6 Å². The first-order valence-electron chi connectivity index (χ1n) is 9.67. The van der Waals surface area contributed by atoms with E-state index in [1.807, 2.05) is 16.2 Å². The number of carbonyl (C=O) groups is 1. The molecule has 4 nitrogen and oxygen atoms in total. The summed E-state index contributed by atoms with van der Waals surface area (Å²) >= 11 is 1.90. The van der Waals surface area contributed by atoms with Crippen LogP contribution in [0, 0.1) is 5.92 Å². The van der Waals surface area contributed by atoms with Crippen LogP contribution >= 0.6 is 11.3 Å². The molecular weight excluding hydrogens is 320 g/mol. The molecule has 0 aromatic carbocycles. The molecule has 0 radical (unpaired) electrons. The minimum absolute atomic E-state index is 0.0259. The second-order valence-electron chi connectivity index (χ2n) is 7.72. The highest BCUT2D eigenvalue weighted by Gasteiger charge is 2.33. The van der Waals surface area contributed by atoms with Crippen LogP contribution in [0.5, 0.6) is 0 Å². The van der Waals surface area contributed by atoms with Crippen LogP contribution < -0.4 is 0 Å². The number of aryl methyl sites for hydroxylation is 2. The lowest BCUT2D eigenvalue weighted by atomic mass is 9.84. The number of nitrogens with zero attached hydrogens (tertiary/aromatic N) is 2. The fourth-order valence-corrected chi connectivity index (χ4v) is 5.89. The summed E-state index contributed by atoms with van der Waals surface area (Å²) in [6, 6.07) is 0. The highest BCUT2D eigenvalue weighted by atomic mass is 32.1. The third-order valence-electron chi connectivity index (χ3n) is 6.12. The smallest absolute Gasteiger partial charge is 0.251 e. The molecule has 1 aromatic heterocycles. The van der Waals surface area contributed by atoms with Crippen LogP contribution in [0.2, 0.25) is 0 Å². The van der Waals surface area contributed by atoms with Gasteiger partial charge in [-0.15, -0.1) is 11.3 Å². The van der Waals surface area contributed by atoms with E-state index >= 15 is 0 Å². The Morgan fingerprint density at radius 1 is 1.08 bits per heavy atom. The summed E-state index contributed by atoms with van der Waals surface area (Å²) in [4.78, 5) is 20.9. The SMILES string of the molecule is O=C(C(O)C1CCCCC1)N1CCC(c2nc3c(s2)CCC3)CC1. The monoisotopic (exact) mass is 348 g/mol. The predicted octanol–water partition coefficient (Wildman–Crippen LogP) is 3.28. The summed E-state index contributed by atoms with van der Waals surface area (Å²) in [5.74, 6) is 0.671. The van der Waals surface area contributed by atoms with Crippen molar-refractivity contribution in [3.8, 4) is 0 Å². The molecule has 1 unspecified atom stereocenters. The lowest BCUT2D eigenvalue weighted by Gasteiger charge is -2.35. The second kappa shape index (κ2) is 7.12. The van der Waals surface area contributed by atoms with Crippen LogP contribution in [0.1, 0.15) is 72.9 Å². The molecule has 0 bridgehead atoms. The lowest BCUT2D eigenvalue weighted by Crippen LogP contribution is -2.46. The molecule has 5 heteroatoms. The zero-order valence-electron chi connectivity index (χ0n) is 14.4. The molecule has 3 aliphatic rings. The highest BCUT2D eigenvalue weighted by Crippen LogP contribution is 2.36. The number of carbonyl (C=O) groups excluding carboxylic acids is 1. The fraction of sp³-hybridized carbons (Fsp3) is 0.789. The quantitative estimate of drug-likeness (QED) is 0.912. The largest absolute Gasteiger partial charge is 0.383 e. The van der Waals surface area contributed by atoms with Crippen LogP contribution in [-0.2, 0) is 17.6 Å². The summed E-state index contributed by atoms with van der Waals surface area (Å²) < 4.78 is 0. The van der Waals surface area contributed by atoms with Gasteiger partial charge in [0, 0.05) is 23.9 Å². The second-order valence-corrected chi connectivity index (χ2v) is 8.83. The third kappa shape index (κ3) is 3.25. The number of rotatable bonds is 3. The molecule has 1 aliphatic heterocycles. The van der Waals surface area contributed by atoms with Crippen LogP contribution in [0.3, 0.4) is 0 Å². The number of likely N-dealkylation sites (tertiary alicyclic amines) is 1. The number of aliphatic hydroxyl groups is 1. The average Bonchev–Trinajstić information content (AvgIpc) is 3.23. The van der Waals surface area contributed by atoms with Crippen molar-refractivity contribution in [2.75, 3.05) is 13.1 Å². The molecule has 1 amide bonds. The zero-order valence-corrected chi connectivity index (χ0v) is 15.2. The first-order valence-corrected chi connectivity index (χ1v) is 10.5. The molecule has 4 rings (SSSR count).